The van der Waals surface area contributed by atoms with Gasteiger partial charge < -0.3 is 39.9 Å². The van der Waals surface area contributed by atoms with Crippen molar-refractivity contribution >= 4 is 19.8 Å². The van der Waals surface area contributed by atoms with E-state index in [4.69, 9.17) is 18.5 Å². The summed E-state index contributed by atoms with van der Waals surface area (Å²) in [6.45, 7) is 2.19. The molecule has 0 radical (unpaired) electrons. The first-order chi connectivity index (χ1) is 29.9. The second kappa shape index (κ2) is 39.1. The molecule has 1 saturated carbocycles. The highest BCUT2D eigenvalue weighted by Gasteiger charge is 2.51. The van der Waals surface area contributed by atoms with Crippen LogP contribution in [-0.4, -0.2) is 98.3 Å². The number of hydrogen-bond donors (Lipinski definition) is 6. The summed E-state index contributed by atoms with van der Waals surface area (Å²) in [4.78, 5) is 33.9. The van der Waals surface area contributed by atoms with Gasteiger partial charge in [0.1, 0.15) is 43.2 Å². The molecule has 368 valence electrons. The molecule has 6 unspecified atom stereocenters. The highest BCUT2D eigenvalue weighted by Crippen LogP contribution is 2.47. The Balaban J connectivity index is 1.89. The minimum absolute atomic E-state index is 0.169. The Labute approximate surface area is 376 Å². The molecule has 8 atom stereocenters. The van der Waals surface area contributed by atoms with E-state index in [0.717, 1.165) is 26.2 Å². The first-order valence-electron chi connectivity index (χ1n) is 25.3. The quantitative estimate of drug-likeness (QED) is 0.0191. The van der Waals surface area contributed by atoms with Crippen molar-refractivity contribution in [3.63, 3.8) is 0 Å². The Morgan fingerprint density at radius 2 is 0.758 bits per heavy atom. The molecule has 1 rings (SSSR count). The van der Waals surface area contributed by atoms with Crippen molar-refractivity contribution in [3.05, 3.63) is 0 Å². The smallest absolute Gasteiger partial charge is 0.462 e. The first-order valence-corrected chi connectivity index (χ1v) is 26.8. The van der Waals surface area contributed by atoms with Crippen molar-refractivity contribution in [2.24, 2.45) is 0 Å². The number of ether oxygens (including phenoxy) is 2. The molecular weight excluding hydrogens is 815 g/mol. The van der Waals surface area contributed by atoms with E-state index >= 15 is 0 Å². The maximum Gasteiger partial charge on any atom is 0.472 e. The standard InChI is InChI=1S/C48H93O13P/c1-3-4-5-6-7-8-9-10-11-12-13-14-15-16-17-18-19-20-21-22-23-24-25-26-27-28-29-30-31-32-33-34-35-36-37-42(50)58-38-41(60-40(2)49)39-59-62(56,57)61-48-46(54)44(52)43(51)45(53)47(48)55/h41,43-48,51-55H,3-39H2,1-2H3,(H,56,57)/t41-,43?,44-,45?,46?,47?,48?/m1/s1. The lowest BCUT2D eigenvalue weighted by atomic mass is 9.85. The monoisotopic (exact) mass is 909 g/mol. The third-order valence-corrected chi connectivity index (χ3v) is 13.2. The summed E-state index contributed by atoms with van der Waals surface area (Å²) in [7, 11) is -5.07. The van der Waals surface area contributed by atoms with Crippen LogP contribution < -0.4 is 0 Å². The molecule has 0 aromatic rings. The van der Waals surface area contributed by atoms with Crippen molar-refractivity contribution in [3.8, 4) is 0 Å². The summed E-state index contributed by atoms with van der Waals surface area (Å²) < 4.78 is 32.2. The molecule has 0 aromatic heterocycles. The van der Waals surface area contributed by atoms with Crippen LogP contribution in [0.5, 0.6) is 0 Å². The van der Waals surface area contributed by atoms with Gasteiger partial charge in [-0.15, -0.1) is 0 Å². The van der Waals surface area contributed by atoms with E-state index < -0.39 is 75.7 Å². The van der Waals surface area contributed by atoms with Crippen molar-refractivity contribution in [2.75, 3.05) is 13.2 Å². The Morgan fingerprint density at radius 1 is 0.468 bits per heavy atom. The average Bonchev–Trinajstić information content (AvgIpc) is 3.24. The van der Waals surface area contributed by atoms with Crippen LogP contribution in [0.1, 0.15) is 239 Å². The average molecular weight is 909 g/mol. The number of rotatable bonds is 43. The molecule has 0 bridgehead atoms. The summed E-state index contributed by atoms with van der Waals surface area (Å²) in [6.07, 6.45) is 32.6. The number of aliphatic hydroxyl groups is 5. The van der Waals surface area contributed by atoms with Crippen molar-refractivity contribution in [1.82, 2.24) is 0 Å². The highest BCUT2D eigenvalue weighted by atomic mass is 31.2. The van der Waals surface area contributed by atoms with Crippen LogP contribution in [-0.2, 0) is 32.7 Å². The van der Waals surface area contributed by atoms with E-state index in [0.29, 0.717) is 6.42 Å². The lowest BCUT2D eigenvalue weighted by molar-refractivity contribution is -0.220. The van der Waals surface area contributed by atoms with Crippen LogP contribution in [0.15, 0.2) is 0 Å². The molecule has 0 aromatic carbocycles. The van der Waals surface area contributed by atoms with Crippen LogP contribution in [0.2, 0.25) is 0 Å². The Hall–Kier alpha value is -1.15. The van der Waals surface area contributed by atoms with E-state index in [9.17, 15) is 44.6 Å². The van der Waals surface area contributed by atoms with Gasteiger partial charge >= 0.3 is 19.8 Å². The fourth-order valence-electron chi connectivity index (χ4n) is 8.29. The van der Waals surface area contributed by atoms with Gasteiger partial charge in [-0.3, -0.25) is 18.6 Å². The summed E-state index contributed by atoms with van der Waals surface area (Å²) in [5.74, 6) is -1.28. The van der Waals surface area contributed by atoms with Gasteiger partial charge in [-0.05, 0) is 6.42 Å². The highest BCUT2D eigenvalue weighted by molar-refractivity contribution is 7.47. The van der Waals surface area contributed by atoms with E-state index in [1.165, 1.54) is 193 Å². The molecule has 14 heteroatoms. The third kappa shape index (κ3) is 31.7. The number of unbranched alkanes of at least 4 members (excludes halogenated alkanes) is 33. The number of esters is 2. The second-order valence-corrected chi connectivity index (χ2v) is 19.5. The maximum absolute atomic E-state index is 12.5. The number of carbonyl (C=O) groups is 2. The van der Waals surface area contributed by atoms with Crippen molar-refractivity contribution in [1.29, 1.82) is 0 Å². The number of carbonyl (C=O) groups excluding carboxylic acids is 2. The van der Waals surface area contributed by atoms with Crippen LogP contribution in [0.4, 0.5) is 0 Å². The van der Waals surface area contributed by atoms with Gasteiger partial charge in [-0.2, -0.15) is 0 Å². The fourth-order valence-corrected chi connectivity index (χ4v) is 9.26. The van der Waals surface area contributed by atoms with E-state index in [1.54, 1.807) is 0 Å². The molecule has 0 aliphatic heterocycles. The molecule has 13 nitrogen and oxygen atoms in total. The Kier molecular flexibility index (Phi) is 37.1. The predicted octanol–water partition coefficient (Wildman–Crippen LogP) is 10.5. The molecule has 1 aliphatic carbocycles. The predicted molar refractivity (Wildman–Crippen MR) is 244 cm³/mol. The fraction of sp³-hybridized carbons (Fsp3) is 0.958. The van der Waals surface area contributed by atoms with Gasteiger partial charge in [0.05, 0.1) is 6.61 Å². The molecule has 0 amide bonds. The van der Waals surface area contributed by atoms with Gasteiger partial charge in [0, 0.05) is 13.3 Å². The zero-order valence-corrected chi connectivity index (χ0v) is 40.1. The van der Waals surface area contributed by atoms with Crippen molar-refractivity contribution in [2.45, 2.75) is 281 Å². The molecule has 6 N–H and O–H groups in total. The van der Waals surface area contributed by atoms with Gasteiger partial charge in [0.15, 0.2) is 6.10 Å². The van der Waals surface area contributed by atoms with E-state index in [1.807, 2.05) is 0 Å². The zero-order chi connectivity index (χ0) is 45.7. The summed E-state index contributed by atoms with van der Waals surface area (Å²) in [5.41, 5.74) is 0. The largest absolute Gasteiger partial charge is 0.472 e. The molecule has 1 fully saturated rings. The van der Waals surface area contributed by atoms with Crippen LogP contribution >= 0.6 is 7.82 Å². The minimum atomic E-state index is -5.07. The number of hydrogen-bond acceptors (Lipinski definition) is 12. The van der Waals surface area contributed by atoms with Gasteiger partial charge in [0.25, 0.3) is 0 Å². The van der Waals surface area contributed by atoms with E-state index in [2.05, 4.69) is 6.92 Å². The molecule has 0 spiro atoms. The maximum atomic E-state index is 12.5. The van der Waals surface area contributed by atoms with Crippen molar-refractivity contribution < 1.29 is 63.1 Å². The summed E-state index contributed by atoms with van der Waals surface area (Å²) >= 11 is 0. The SMILES string of the molecule is CCCCCCCCCCCCCCCCCCCCCCCCCCCCCCCCCCCCC(=O)OC[C@H](COP(=O)(O)OC1C(O)C(O)C(O)[C@@H](O)C1O)OC(C)=O. The molecule has 0 heterocycles. The number of phosphoric ester groups is 1. The van der Waals surface area contributed by atoms with Gasteiger partial charge in [0.2, 0.25) is 0 Å². The van der Waals surface area contributed by atoms with E-state index in [-0.39, 0.29) is 6.42 Å². The molecule has 1 aliphatic rings. The minimum Gasteiger partial charge on any atom is -0.462 e. The Bertz CT molecular complexity index is 1100. The Morgan fingerprint density at radius 3 is 1.06 bits per heavy atom. The zero-order valence-electron chi connectivity index (χ0n) is 39.2. The van der Waals surface area contributed by atoms with Gasteiger partial charge in [-0.1, -0.05) is 219 Å². The summed E-state index contributed by atoms with van der Waals surface area (Å²) in [5, 5.41) is 49.4. The normalized spacial score (nSPS) is 21.7. The third-order valence-electron chi connectivity index (χ3n) is 12.2. The van der Waals surface area contributed by atoms with Gasteiger partial charge in [-0.25, -0.2) is 4.57 Å². The van der Waals surface area contributed by atoms with Crippen LogP contribution in [0.25, 0.3) is 0 Å². The lowest BCUT2D eigenvalue weighted by Crippen LogP contribution is -2.64. The second-order valence-electron chi connectivity index (χ2n) is 18.1. The van der Waals surface area contributed by atoms with Crippen LogP contribution in [0, 0.1) is 0 Å². The topological polar surface area (TPSA) is 210 Å². The number of aliphatic hydroxyl groups excluding tert-OH is 5. The number of phosphoric acid groups is 1. The molecule has 62 heavy (non-hydrogen) atoms. The molecular formula is C48H93O13P. The molecule has 0 saturated heterocycles. The van der Waals surface area contributed by atoms with Crippen LogP contribution in [0.3, 0.4) is 0 Å². The first kappa shape index (κ1) is 58.9. The summed E-state index contributed by atoms with van der Waals surface area (Å²) in [6, 6.07) is 0. The lowest BCUT2D eigenvalue weighted by Gasteiger charge is -2.41.